The molecule has 1 aromatic heterocycles. The number of carbonyl (C=O) groups excluding carboxylic acids is 1. The zero-order valence-electron chi connectivity index (χ0n) is 11.1. The topological polar surface area (TPSA) is 42.0 Å². The molecule has 0 bridgehead atoms. The van der Waals surface area contributed by atoms with Gasteiger partial charge in [-0.3, -0.25) is 9.78 Å². The second-order valence-corrected chi connectivity index (χ2v) is 5.41. The second-order valence-electron chi connectivity index (χ2n) is 4.50. The number of aryl methyl sites for hydroxylation is 3. The molecule has 98 valence electrons. The number of carbonyl (C=O) groups is 1. The first-order chi connectivity index (χ1) is 8.97. The molecule has 1 heterocycles. The fourth-order valence-electron chi connectivity index (χ4n) is 1.85. The van der Waals surface area contributed by atoms with E-state index in [0.29, 0.717) is 5.56 Å². The van der Waals surface area contributed by atoms with Crippen molar-refractivity contribution in [3.8, 4) is 0 Å². The summed E-state index contributed by atoms with van der Waals surface area (Å²) in [6.07, 6.45) is 0. The van der Waals surface area contributed by atoms with Crippen LogP contribution in [0.1, 0.15) is 27.3 Å². The average Bonchev–Trinajstić information content (AvgIpc) is 2.33. The summed E-state index contributed by atoms with van der Waals surface area (Å²) >= 11 is 3.40. The Bertz CT molecular complexity index is 638. The predicted octanol–water partition coefficient (Wildman–Crippen LogP) is 4.02. The maximum atomic E-state index is 12.2. The molecule has 1 amide bonds. The van der Waals surface area contributed by atoms with Gasteiger partial charge < -0.3 is 5.32 Å². The van der Waals surface area contributed by atoms with Gasteiger partial charge in [-0.2, -0.15) is 0 Å². The van der Waals surface area contributed by atoms with Gasteiger partial charge in [0, 0.05) is 15.9 Å². The molecular formula is C15H15BrN2O. The maximum absolute atomic E-state index is 12.2. The third-order valence-electron chi connectivity index (χ3n) is 2.92. The van der Waals surface area contributed by atoms with E-state index in [1.807, 2.05) is 45.0 Å². The van der Waals surface area contributed by atoms with E-state index in [0.717, 1.165) is 27.1 Å². The number of nitrogens with one attached hydrogen (secondary N) is 1. The van der Waals surface area contributed by atoms with E-state index >= 15 is 0 Å². The van der Waals surface area contributed by atoms with Crippen molar-refractivity contribution < 1.29 is 4.79 Å². The number of pyridine rings is 1. The van der Waals surface area contributed by atoms with E-state index in [4.69, 9.17) is 0 Å². The number of halogens is 1. The van der Waals surface area contributed by atoms with Gasteiger partial charge in [-0.05, 0) is 50.6 Å². The summed E-state index contributed by atoms with van der Waals surface area (Å²) in [5.41, 5.74) is 4.08. The van der Waals surface area contributed by atoms with Crippen molar-refractivity contribution in [3.63, 3.8) is 0 Å². The van der Waals surface area contributed by atoms with Crippen LogP contribution in [0.25, 0.3) is 0 Å². The molecule has 4 heteroatoms. The van der Waals surface area contributed by atoms with Gasteiger partial charge in [0.15, 0.2) is 0 Å². The van der Waals surface area contributed by atoms with Crippen molar-refractivity contribution in [1.82, 2.24) is 4.98 Å². The number of hydrogen-bond acceptors (Lipinski definition) is 2. The lowest BCUT2D eigenvalue weighted by atomic mass is 10.1. The molecule has 19 heavy (non-hydrogen) atoms. The Labute approximate surface area is 121 Å². The minimum Gasteiger partial charge on any atom is -0.322 e. The normalized spacial score (nSPS) is 10.3. The minimum absolute atomic E-state index is 0.133. The van der Waals surface area contributed by atoms with E-state index in [1.54, 1.807) is 6.07 Å². The summed E-state index contributed by atoms with van der Waals surface area (Å²) in [7, 11) is 0. The molecule has 0 spiro atoms. The molecular weight excluding hydrogens is 304 g/mol. The van der Waals surface area contributed by atoms with Gasteiger partial charge in [-0.1, -0.05) is 22.0 Å². The first-order valence-corrected chi connectivity index (χ1v) is 6.78. The molecule has 3 nitrogen and oxygen atoms in total. The number of benzene rings is 1. The maximum Gasteiger partial charge on any atom is 0.257 e. The number of aromatic nitrogens is 1. The lowest BCUT2D eigenvalue weighted by molar-refractivity contribution is 0.102. The van der Waals surface area contributed by atoms with Gasteiger partial charge >= 0.3 is 0 Å². The number of hydrogen-bond donors (Lipinski definition) is 1. The standard InChI is InChI=1S/C15H15BrN2O/c1-9-4-6-12(16)8-14(9)18-15(19)13-7-5-10(2)17-11(13)3/h4-8H,1-3H3,(H,18,19). The molecule has 1 N–H and O–H groups in total. The van der Waals surface area contributed by atoms with E-state index in [1.165, 1.54) is 0 Å². The molecule has 2 rings (SSSR count). The summed E-state index contributed by atoms with van der Waals surface area (Å²) in [6.45, 7) is 5.71. The molecule has 2 aromatic rings. The van der Waals surface area contributed by atoms with Crippen molar-refractivity contribution in [1.29, 1.82) is 0 Å². The largest absolute Gasteiger partial charge is 0.322 e. The van der Waals surface area contributed by atoms with E-state index in [-0.39, 0.29) is 5.91 Å². The van der Waals surface area contributed by atoms with Gasteiger partial charge in [0.05, 0.1) is 11.3 Å². The smallest absolute Gasteiger partial charge is 0.257 e. The van der Waals surface area contributed by atoms with Crippen molar-refractivity contribution in [2.24, 2.45) is 0 Å². The lowest BCUT2D eigenvalue weighted by Crippen LogP contribution is -2.15. The lowest BCUT2D eigenvalue weighted by Gasteiger charge is -2.10. The Hall–Kier alpha value is -1.68. The molecule has 0 aliphatic carbocycles. The first kappa shape index (κ1) is 13.7. The highest BCUT2D eigenvalue weighted by atomic mass is 79.9. The summed E-state index contributed by atoms with van der Waals surface area (Å²) < 4.78 is 0.937. The quantitative estimate of drug-likeness (QED) is 0.908. The molecule has 0 aliphatic rings. The molecule has 0 radical (unpaired) electrons. The van der Waals surface area contributed by atoms with Crippen molar-refractivity contribution in [2.45, 2.75) is 20.8 Å². The summed E-state index contributed by atoms with van der Waals surface area (Å²) in [6, 6.07) is 9.45. The van der Waals surface area contributed by atoms with Crippen LogP contribution in [-0.2, 0) is 0 Å². The van der Waals surface area contributed by atoms with E-state index < -0.39 is 0 Å². The molecule has 0 saturated carbocycles. The Kier molecular flexibility index (Phi) is 4.00. The highest BCUT2D eigenvalue weighted by Gasteiger charge is 2.11. The summed E-state index contributed by atoms with van der Waals surface area (Å²) in [5, 5.41) is 2.92. The van der Waals surface area contributed by atoms with Gasteiger partial charge in [0.2, 0.25) is 0 Å². The van der Waals surface area contributed by atoms with Crippen LogP contribution in [0.2, 0.25) is 0 Å². The summed E-state index contributed by atoms with van der Waals surface area (Å²) in [5.74, 6) is -0.133. The molecule has 0 aliphatic heterocycles. The minimum atomic E-state index is -0.133. The SMILES string of the molecule is Cc1ccc(C(=O)Nc2cc(Br)ccc2C)c(C)n1. The highest BCUT2D eigenvalue weighted by Crippen LogP contribution is 2.21. The van der Waals surface area contributed by atoms with Gasteiger partial charge in [-0.15, -0.1) is 0 Å². The Morgan fingerprint density at radius 1 is 1.16 bits per heavy atom. The van der Waals surface area contributed by atoms with Crippen LogP contribution in [0.4, 0.5) is 5.69 Å². The summed E-state index contributed by atoms with van der Waals surface area (Å²) in [4.78, 5) is 16.5. The van der Waals surface area contributed by atoms with E-state index in [9.17, 15) is 4.79 Å². The third-order valence-corrected chi connectivity index (χ3v) is 3.41. The van der Waals surface area contributed by atoms with Crippen LogP contribution in [0.15, 0.2) is 34.8 Å². The van der Waals surface area contributed by atoms with Crippen LogP contribution < -0.4 is 5.32 Å². The number of nitrogens with zero attached hydrogens (tertiary/aromatic N) is 1. The Morgan fingerprint density at radius 3 is 2.58 bits per heavy atom. The van der Waals surface area contributed by atoms with Gasteiger partial charge in [0.1, 0.15) is 0 Å². The zero-order valence-corrected chi connectivity index (χ0v) is 12.7. The van der Waals surface area contributed by atoms with Crippen molar-refractivity contribution in [2.75, 3.05) is 5.32 Å². The predicted molar refractivity (Wildman–Crippen MR) is 80.5 cm³/mol. The average molecular weight is 319 g/mol. The molecule has 0 saturated heterocycles. The van der Waals surface area contributed by atoms with Crippen LogP contribution in [0, 0.1) is 20.8 Å². The van der Waals surface area contributed by atoms with Crippen molar-refractivity contribution in [3.05, 3.63) is 57.3 Å². The zero-order chi connectivity index (χ0) is 14.0. The van der Waals surface area contributed by atoms with Crippen LogP contribution in [0.3, 0.4) is 0 Å². The molecule has 0 atom stereocenters. The Morgan fingerprint density at radius 2 is 1.89 bits per heavy atom. The fraction of sp³-hybridized carbons (Fsp3) is 0.200. The van der Waals surface area contributed by atoms with Crippen LogP contribution in [0.5, 0.6) is 0 Å². The fourth-order valence-corrected chi connectivity index (χ4v) is 2.21. The number of amides is 1. The van der Waals surface area contributed by atoms with Gasteiger partial charge in [-0.25, -0.2) is 0 Å². The molecule has 0 fully saturated rings. The van der Waals surface area contributed by atoms with E-state index in [2.05, 4.69) is 26.2 Å². The second kappa shape index (κ2) is 5.53. The monoisotopic (exact) mass is 318 g/mol. The Balaban J connectivity index is 2.28. The number of rotatable bonds is 2. The third kappa shape index (κ3) is 3.20. The number of anilines is 1. The van der Waals surface area contributed by atoms with Crippen molar-refractivity contribution >= 4 is 27.5 Å². The molecule has 0 unspecified atom stereocenters. The highest BCUT2D eigenvalue weighted by molar-refractivity contribution is 9.10. The van der Waals surface area contributed by atoms with Gasteiger partial charge in [0.25, 0.3) is 5.91 Å². The molecule has 1 aromatic carbocycles. The van der Waals surface area contributed by atoms with Crippen LogP contribution in [-0.4, -0.2) is 10.9 Å². The first-order valence-electron chi connectivity index (χ1n) is 5.99. The van der Waals surface area contributed by atoms with Crippen LogP contribution >= 0.6 is 15.9 Å².